The Hall–Kier alpha value is -6.90. The molecule has 0 saturated heterocycles. The van der Waals surface area contributed by atoms with Gasteiger partial charge in [-0.05, 0) is 116 Å². The molecule has 0 radical (unpaired) electrons. The van der Waals surface area contributed by atoms with Crippen molar-refractivity contribution in [1.29, 1.82) is 0 Å². The first kappa shape index (κ1) is 30.0. The Morgan fingerprint density at radius 1 is 0.308 bits per heavy atom. The minimum atomic E-state index is 0.875. The summed E-state index contributed by atoms with van der Waals surface area (Å²) in [7, 11) is 0. The minimum Gasteiger partial charge on any atom is -0.456 e. The number of hydrogen-bond donors (Lipinski definition) is 0. The largest absolute Gasteiger partial charge is 0.456 e. The molecule has 0 unspecified atom stereocenters. The third-order valence-electron chi connectivity index (χ3n) is 10.2. The molecule has 0 bridgehead atoms. The molecule has 0 fully saturated rings. The van der Waals surface area contributed by atoms with Gasteiger partial charge in [0, 0.05) is 16.8 Å². The van der Waals surface area contributed by atoms with Gasteiger partial charge < -0.3 is 9.32 Å². The van der Waals surface area contributed by atoms with Crippen molar-refractivity contribution < 1.29 is 4.42 Å². The zero-order valence-electron chi connectivity index (χ0n) is 28.4. The maximum Gasteiger partial charge on any atom is 0.137 e. The number of para-hydroxylation sites is 1. The van der Waals surface area contributed by atoms with E-state index in [0.717, 1.165) is 39.0 Å². The number of anilines is 3. The highest BCUT2D eigenvalue weighted by Gasteiger charge is 2.19. The second-order valence-corrected chi connectivity index (χ2v) is 13.4. The number of hydrogen-bond acceptors (Lipinski definition) is 2. The molecule has 0 aliphatic heterocycles. The Labute approximate surface area is 302 Å². The van der Waals surface area contributed by atoms with Crippen molar-refractivity contribution in [3.8, 4) is 33.4 Å². The molecule has 52 heavy (non-hydrogen) atoms. The fraction of sp³-hybridized carbons (Fsp3) is 0. The first-order valence-corrected chi connectivity index (χ1v) is 17.7. The molecule has 0 amide bonds. The predicted molar refractivity (Wildman–Crippen MR) is 220 cm³/mol. The van der Waals surface area contributed by atoms with E-state index in [2.05, 4.69) is 193 Å². The lowest BCUT2D eigenvalue weighted by Gasteiger charge is -2.26. The molecular weight excluding hydrogens is 631 g/mol. The molecule has 0 spiro atoms. The molecule has 2 nitrogen and oxygen atoms in total. The van der Waals surface area contributed by atoms with Crippen molar-refractivity contribution in [3.63, 3.8) is 0 Å². The Kier molecular flexibility index (Phi) is 7.18. The van der Waals surface area contributed by atoms with E-state index in [-0.39, 0.29) is 0 Å². The van der Waals surface area contributed by atoms with Gasteiger partial charge in [0.1, 0.15) is 11.2 Å². The van der Waals surface area contributed by atoms with E-state index in [1.807, 2.05) is 12.1 Å². The molecule has 0 aliphatic carbocycles. The van der Waals surface area contributed by atoms with Crippen molar-refractivity contribution in [2.24, 2.45) is 0 Å². The molecule has 10 aromatic rings. The van der Waals surface area contributed by atoms with Crippen LogP contribution in [0.25, 0.3) is 76.9 Å². The summed E-state index contributed by atoms with van der Waals surface area (Å²) >= 11 is 0. The highest BCUT2D eigenvalue weighted by Crippen LogP contribution is 2.43. The molecule has 0 aliphatic rings. The van der Waals surface area contributed by atoms with Gasteiger partial charge >= 0.3 is 0 Å². The molecule has 10 rings (SSSR count). The molecule has 1 aromatic heterocycles. The van der Waals surface area contributed by atoms with Gasteiger partial charge in [0.05, 0.1) is 11.1 Å². The van der Waals surface area contributed by atoms with Crippen LogP contribution in [-0.2, 0) is 0 Å². The highest BCUT2D eigenvalue weighted by atomic mass is 16.3. The first-order valence-electron chi connectivity index (χ1n) is 17.7. The van der Waals surface area contributed by atoms with Gasteiger partial charge in [0.25, 0.3) is 0 Å². The van der Waals surface area contributed by atoms with E-state index in [0.29, 0.717) is 0 Å². The van der Waals surface area contributed by atoms with Crippen molar-refractivity contribution in [2.45, 2.75) is 0 Å². The van der Waals surface area contributed by atoms with Crippen LogP contribution in [0.5, 0.6) is 0 Å². The van der Waals surface area contributed by atoms with E-state index < -0.39 is 0 Å². The molecule has 1 heterocycles. The van der Waals surface area contributed by atoms with Gasteiger partial charge in [0.2, 0.25) is 0 Å². The summed E-state index contributed by atoms with van der Waals surface area (Å²) in [6.07, 6.45) is 0. The lowest BCUT2D eigenvalue weighted by molar-refractivity contribution is 0.669. The number of rotatable bonds is 6. The normalized spacial score (nSPS) is 11.5. The topological polar surface area (TPSA) is 16.4 Å². The monoisotopic (exact) mass is 663 g/mol. The van der Waals surface area contributed by atoms with Gasteiger partial charge in [0.15, 0.2) is 0 Å². The number of fused-ring (bicyclic) bond motifs is 5. The van der Waals surface area contributed by atoms with Crippen LogP contribution >= 0.6 is 0 Å². The average molecular weight is 664 g/mol. The fourth-order valence-electron chi connectivity index (χ4n) is 7.58. The Morgan fingerprint density at radius 2 is 0.788 bits per heavy atom. The lowest BCUT2D eigenvalue weighted by atomic mass is 9.96. The maximum absolute atomic E-state index is 6.33. The maximum atomic E-state index is 6.33. The number of furan rings is 1. The van der Waals surface area contributed by atoms with E-state index >= 15 is 0 Å². The Morgan fingerprint density at radius 3 is 1.48 bits per heavy atom. The van der Waals surface area contributed by atoms with Crippen LogP contribution in [0.3, 0.4) is 0 Å². The zero-order chi connectivity index (χ0) is 34.4. The number of benzene rings is 9. The summed E-state index contributed by atoms with van der Waals surface area (Å²) in [6.45, 7) is 0. The molecule has 244 valence electrons. The van der Waals surface area contributed by atoms with Gasteiger partial charge in [-0.3, -0.25) is 0 Å². The van der Waals surface area contributed by atoms with Crippen LogP contribution < -0.4 is 4.90 Å². The van der Waals surface area contributed by atoms with E-state index in [4.69, 9.17) is 4.42 Å². The fourth-order valence-corrected chi connectivity index (χ4v) is 7.58. The van der Waals surface area contributed by atoms with Crippen molar-refractivity contribution >= 4 is 60.5 Å². The second-order valence-electron chi connectivity index (χ2n) is 13.4. The summed E-state index contributed by atoms with van der Waals surface area (Å²) in [6, 6.07) is 71.8. The summed E-state index contributed by atoms with van der Waals surface area (Å²) in [5.74, 6) is 0. The van der Waals surface area contributed by atoms with Crippen LogP contribution in [-0.4, -0.2) is 0 Å². The van der Waals surface area contributed by atoms with Gasteiger partial charge in [-0.1, -0.05) is 140 Å². The van der Waals surface area contributed by atoms with Crippen molar-refractivity contribution in [1.82, 2.24) is 0 Å². The molecular formula is C50H33NO. The number of nitrogens with zero attached hydrogens (tertiary/aromatic N) is 1. The molecule has 0 atom stereocenters. The first-order chi connectivity index (χ1) is 25.7. The second kappa shape index (κ2) is 12.5. The Bertz CT molecular complexity index is 2890. The van der Waals surface area contributed by atoms with Gasteiger partial charge in [-0.25, -0.2) is 0 Å². The molecule has 0 saturated carbocycles. The van der Waals surface area contributed by atoms with Gasteiger partial charge in [-0.15, -0.1) is 0 Å². The zero-order valence-corrected chi connectivity index (χ0v) is 28.4. The van der Waals surface area contributed by atoms with Gasteiger partial charge in [-0.2, -0.15) is 0 Å². The van der Waals surface area contributed by atoms with Crippen LogP contribution in [0, 0.1) is 0 Å². The summed E-state index contributed by atoms with van der Waals surface area (Å²) in [5.41, 5.74) is 12.2. The van der Waals surface area contributed by atoms with Crippen molar-refractivity contribution in [2.75, 3.05) is 4.90 Å². The summed E-state index contributed by atoms with van der Waals surface area (Å²) < 4.78 is 6.33. The van der Waals surface area contributed by atoms with E-state index in [1.54, 1.807) is 0 Å². The van der Waals surface area contributed by atoms with Crippen LogP contribution in [0.2, 0.25) is 0 Å². The minimum absolute atomic E-state index is 0.875. The van der Waals surface area contributed by atoms with Crippen molar-refractivity contribution in [3.05, 3.63) is 200 Å². The third-order valence-corrected chi connectivity index (χ3v) is 10.2. The standard InChI is InChI=1S/C50H33NO/c1-2-9-34(10-3-1)36-23-27-44(28-24-36)51(47-14-8-16-49-50(47)46-13-6-7-15-48(46)52-49)45-29-25-37(26-30-45)40-20-18-38-19-22-42(33-43(38)32-40)41-21-17-35-11-4-5-12-39(35)31-41/h1-33H. The summed E-state index contributed by atoms with van der Waals surface area (Å²) in [4.78, 5) is 2.35. The predicted octanol–water partition coefficient (Wildman–Crippen LogP) is 14.4. The SMILES string of the molecule is c1ccc(-c2ccc(N(c3ccc(-c4ccc5ccc(-c6ccc7ccccc7c6)cc5c4)cc3)c3cccc4oc5ccccc5c34)cc2)cc1. The molecule has 2 heteroatoms. The smallest absolute Gasteiger partial charge is 0.137 e. The highest BCUT2D eigenvalue weighted by molar-refractivity contribution is 6.13. The van der Waals surface area contributed by atoms with E-state index in [1.165, 1.54) is 54.9 Å². The average Bonchev–Trinajstić information content (AvgIpc) is 3.61. The molecule has 0 N–H and O–H groups in total. The third kappa shape index (κ3) is 5.30. The lowest BCUT2D eigenvalue weighted by Crippen LogP contribution is -2.10. The summed E-state index contributed by atoms with van der Waals surface area (Å²) in [5, 5.41) is 7.19. The molecule has 9 aromatic carbocycles. The van der Waals surface area contributed by atoms with Crippen LogP contribution in [0.15, 0.2) is 205 Å². The quantitative estimate of drug-likeness (QED) is 0.176. The van der Waals surface area contributed by atoms with Crippen LogP contribution in [0.4, 0.5) is 17.1 Å². The van der Waals surface area contributed by atoms with E-state index in [9.17, 15) is 0 Å². The Balaban J connectivity index is 1.05. The van der Waals surface area contributed by atoms with Crippen LogP contribution in [0.1, 0.15) is 0 Å².